The number of thioether (sulfide) groups is 1. The molecular formula is C33H25ClN4OS. The van der Waals surface area contributed by atoms with Crippen LogP contribution in [0.5, 0.6) is 5.75 Å². The van der Waals surface area contributed by atoms with Gasteiger partial charge in [0.05, 0.1) is 17.6 Å². The molecule has 2 heterocycles. The first-order chi connectivity index (χ1) is 19.7. The van der Waals surface area contributed by atoms with E-state index in [0.29, 0.717) is 15.9 Å². The van der Waals surface area contributed by atoms with Crippen LogP contribution >= 0.6 is 23.4 Å². The van der Waals surface area contributed by atoms with Gasteiger partial charge in [-0.05, 0) is 30.5 Å². The standard InChI is InChI=1S/C33H25ClN4OS/c1-40-32-35-18-17-30(37-32)29-22-36-38-31(29)23-19-27(34)21-28(20-23)39-33(24-11-5-2-6-12-24,25-13-7-3-8-14-25)26-15-9-4-10-16-26/h2-22H,1H3,(H,36,38). The molecule has 0 saturated carbocycles. The molecule has 0 aliphatic rings. The molecule has 0 saturated heterocycles. The number of hydrogen-bond donors (Lipinski definition) is 1. The van der Waals surface area contributed by atoms with Gasteiger partial charge < -0.3 is 4.74 Å². The topological polar surface area (TPSA) is 63.7 Å². The lowest BCUT2D eigenvalue weighted by atomic mass is 9.80. The number of nitrogens with zero attached hydrogens (tertiary/aromatic N) is 3. The highest BCUT2D eigenvalue weighted by Crippen LogP contribution is 2.43. The van der Waals surface area contributed by atoms with Gasteiger partial charge in [-0.3, -0.25) is 5.10 Å². The zero-order valence-corrected chi connectivity index (χ0v) is 23.2. The molecular weight excluding hydrogens is 536 g/mol. The van der Waals surface area contributed by atoms with Crippen LogP contribution in [0, 0.1) is 0 Å². The van der Waals surface area contributed by atoms with E-state index < -0.39 is 5.60 Å². The average Bonchev–Trinajstić information content (AvgIpc) is 3.51. The van der Waals surface area contributed by atoms with Gasteiger partial charge in [0.1, 0.15) is 5.75 Å². The number of H-pyrrole nitrogens is 1. The minimum atomic E-state index is -0.928. The Morgan fingerprint density at radius 3 is 1.95 bits per heavy atom. The van der Waals surface area contributed by atoms with Crippen LogP contribution in [-0.4, -0.2) is 26.4 Å². The molecule has 40 heavy (non-hydrogen) atoms. The smallest absolute Gasteiger partial charge is 0.187 e. The fourth-order valence-corrected chi connectivity index (χ4v) is 5.51. The highest BCUT2D eigenvalue weighted by Gasteiger charge is 2.39. The maximum absolute atomic E-state index is 7.11. The number of ether oxygens (including phenoxy) is 1. The van der Waals surface area contributed by atoms with Crippen molar-refractivity contribution in [3.05, 3.63) is 149 Å². The second kappa shape index (κ2) is 11.4. The van der Waals surface area contributed by atoms with Gasteiger partial charge in [0, 0.05) is 39.0 Å². The summed E-state index contributed by atoms with van der Waals surface area (Å²) in [6.45, 7) is 0. The minimum absolute atomic E-state index is 0.545. The summed E-state index contributed by atoms with van der Waals surface area (Å²) in [6, 6.07) is 38.4. The molecule has 6 rings (SSSR count). The van der Waals surface area contributed by atoms with Crippen LogP contribution in [0.4, 0.5) is 0 Å². The largest absolute Gasteiger partial charge is 0.473 e. The third-order valence-corrected chi connectivity index (χ3v) is 7.48. The van der Waals surface area contributed by atoms with Crippen LogP contribution < -0.4 is 4.74 Å². The number of aromatic nitrogens is 4. The Morgan fingerprint density at radius 1 is 0.775 bits per heavy atom. The van der Waals surface area contributed by atoms with E-state index in [1.54, 1.807) is 12.4 Å². The van der Waals surface area contributed by atoms with E-state index >= 15 is 0 Å². The van der Waals surface area contributed by atoms with Crippen LogP contribution in [0.25, 0.3) is 22.5 Å². The number of nitrogens with one attached hydrogen (secondary N) is 1. The molecule has 6 aromatic rings. The Labute approximate surface area is 242 Å². The van der Waals surface area contributed by atoms with E-state index in [0.717, 1.165) is 39.2 Å². The monoisotopic (exact) mass is 560 g/mol. The van der Waals surface area contributed by atoms with E-state index in [1.807, 2.05) is 85.1 Å². The molecule has 0 aliphatic carbocycles. The number of rotatable bonds is 8. The summed E-state index contributed by atoms with van der Waals surface area (Å²) in [6.07, 6.45) is 5.48. The molecule has 0 amide bonds. The van der Waals surface area contributed by atoms with E-state index in [1.165, 1.54) is 11.8 Å². The third-order valence-electron chi connectivity index (χ3n) is 6.70. The second-order valence-corrected chi connectivity index (χ2v) is 10.4. The summed E-state index contributed by atoms with van der Waals surface area (Å²) < 4.78 is 7.11. The first-order valence-electron chi connectivity index (χ1n) is 12.7. The minimum Gasteiger partial charge on any atom is -0.473 e. The summed E-state index contributed by atoms with van der Waals surface area (Å²) in [4.78, 5) is 8.98. The van der Waals surface area contributed by atoms with E-state index in [4.69, 9.17) is 16.3 Å². The summed E-state index contributed by atoms with van der Waals surface area (Å²) >= 11 is 8.23. The van der Waals surface area contributed by atoms with Crippen molar-refractivity contribution in [3.63, 3.8) is 0 Å². The molecule has 196 valence electrons. The molecule has 1 N–H and O–H groups in total. The molecule has 5 nitrogen and oxygen atoms in total. The van der Waals surface area contributed by atoms with Crippen molar-refractivity contribution >= 4 is 23.4 Å². The van der Waals surface area contributed by atoms with Crippen molar-refractivity contribution in [1.29, 1.82) is 0 Å². The summed E-state index contributed by atoms with van der Waals surface area (Å²) in [5.74, 6) is 0.618. The molecule has 4 aromatic carbocycles. The predicted molar refractivity (Wildman–Crippen MR) is 162 cm³/mol. The first kappa shape index (κ1) is 25.9. The second-order valence-electron chi connectivity index (χ2n) is 9.14. The summed E-state index contributed by atoms with van der Waals surface area (Å²) in [5, 5.41) is 8.71. The molecule has 0 spiro atoms. The van der Waals surface area contributed by atoms with Gasteiger partial charge >= 0.3 is 0 Å². The van der Waals surface area contributed by atoms with Crippen LogP contribution in [0.15, 0.2) is 133 Å². The Bertz CT molecular complexity index is 1630. The lowest BCUT2D eigenvalue weighted by Crippen LogP contribution is -2.36. The molecule has 0 bridgehead atoms. The molecule has 0 fully saturated rings. The van der Waals surface area contributed by atoms with Crippen molar-refractivity contribution < 1.29 is 4.74 Å². The summed E-state index contributed by atoms with van der Waals surface area (Å²) in [7, 11) is 0. The predicted octanol–water partition coefficient (Wildman–Crippen LogP) is 8.28. The Kier molecular flexibility index (Phi) is 7.36. The summed E-state index contributed by atoms with van der Waals surface area (Å²) in [5.41, 5.74) is 5.34. The van der Waals surface area contributed by atoms with Gasteiger partial charge in [0.2, 0.25) is 0 Å². The van der Waals surface area contributed by atoms with E-state index in [-0.39, 0.29) is 0 Å². The van der Waals surface area contributed by atoms with Crippen molar-refractivity contribution in [2.75, 3.05) is 6.26 Å². The number of benzene rings is 4. The zero-order valence-electron chi connectivity index (χ0n) is 21.7. The first-order valence-corrected chi connectivity index (χ1v) is 14.3. The third kappa shape index (κ3) is 4.99. The van der Waals surface area contributed by atoms with E-state index in [2.05, 4.69) is 56.6 Å². The normalized spacial score (nSPS) is 11.3. The van der Waals surface area contributed by atoms with Gasteiger partial charge in [-0.1, -0.05) is 114 Å². The van der Waals surface area contributed by atoms with Crippen LogP contribution in [0.2, 0.25) is 5.02 Å². The van der Waals surface area contributed by atoms with Gasteiger partial charge in [-0.15, -0.1) is 0 Å². The Morgan fingerprint density at radius 2 is 1.38 bits per heavy atom. The van der Waals surface area contributed by atoms with Gasteiger partial charge in [0.25, 0.3) is 0 Å². The Hall–Kier alpha value is -4.39. The molecule has 2 aromatic heterocycles. The maximum atomic E-state index is 7.11. The lowest BCUT2D eigenvalue weighted by Gasteiger charge is -2.36. The van der Waals surface area contributed by atoms with Crippen molar-refractivity contribution in [3.8, 4) is 28.3 Å². The fourth-order valence-electron chi connectivity index (χ4n) is 4.93. The number of hydrogen-bond acceptors (Lipinski definition) is 5. The van der Waals surface area contributed by atoms with Crippen molar-refractivity contribution in [2.24, 2.45) is 0 Å². The molecule has 0 unspecified atom stereocenters. The molecule has 0 aliphatic heterocycles. The van der Waals surface area contributed by atoms with Crippen molar-refractivity contribution in [1.82, 2.24) is 20.2 Å². The highest BCUT2D eigenvalue weighted by atomic mass is 35.5. The molecule has 7 heteroatoms. The van der Waals surface area contributed by atoms with Crippen LogP contribution in [-0.2, 0) is 5.60 Å². The zero-order chi connectivity index (χ0) is 27.4. The van der Waals surface area contributed by atoms with Crippen molar-refractivity contribution in [2.45, 2.75) is 10.8 Å². The highest BCUT2D eigenvalue weighted by molar-refractivity contribution is 7.98. The lowest BCUT2D eigenvalue weighted by molar-refractivity contribution is 0.155. The van der Waals surface area contributed by atoms with Gasteiger partial charge in [0.15, 0.2) is 10.8 Å². The van der Waals surface area contributed by atoms with Crippen LogP contribution in [0.3, 0.4) is 0 Å². The van der Waals surface area contributed by atoms with Crippen LogP contribution in [0.1, 0.15) is 16.7 Å². The van der Waals surface area contributed by atoms with E-state index in [9.17, 15) is 0 Å². The molecule has 0 atom stereocenters. The maximum Gasteiger partial charge on any atom is 0.187 e. The average molecular weight is 561 g/mol. The van der Waals surface area contributed by atoms with Gasteiger partial charge in [-0.25, -0.2) is 9.97 Å². The SMILES string of the molecule is CSc1nccc(-c2cn[nH]c2-c2cc(Cl)cc(OC(c3ccccc3)(c3ccccc3)c3ccccc3)c2)n1. The quantitative estimate of drug-likeness (QED) is 0.115. The number of halogens is 1. The fraction of sp³-hybridized carbons (Fsp3) is 0.0606. The Balaban J connectivity index is 1.51. The van der Waals surface area contributed by atoms with Gasteiger partial charge in [-0.2, -0.15) is 5.10 Å². The molecule has 0 radical (unpaired) electrons. The number of aromatic amines is 1.